The number of hydrogen-bond donors (Lipinski definition) is 2. The predicted molar refractivity (Wildman–Crippen MR) is 93.0 cm³/mol. The van der Waals surface area contributed by atoms with E-state index in [9.17, 15) is 5.11 Å². The number of aliphatic hydroxyl groups excluding tert-OH is 1. The molecule has 0 saturated carbocycles. The van der Waals surface area contributed by atoms with E-state index in [1.54, 1.807) is 6.33 Å². The average molecular weight is 324 g/mol. The van der Waals surface area contributed by atoms with Crippen molar-refractivity contribution in [2.45, 2.75) is 25.4 Å². The number of anilines is 2. The molecule has 6 heteroatoms. The summed E-state index contributed by atoms with van der Waals surface area (Å²) >= 11 is 0. The van der Waals surface area contributed by atoms with Gasteiger partial charge in [0.2, 0.25) is 0 Å². The highest BCUT2D eigenvalue weighted by Gasteiger charge is 2.25. The number of rotatable bonds is 5. The van der Waals surface area contributed by atoms with Crippen molar-refractivity contribution in [1.29, 1.82) is 0 Å². The number of nitrogens with zero attached hydrogens (tertiary/aromatic N) is 3. The number of fused-ring (bicyclic) bond motifs is 1. The molecule has 2 aromatic heterocycles. The Hall–Kier alpha value is -2.60. The Morgan fingerprint density at radius 2 is 2.17 bits per heavy atom. The van der Waals surface area contributed by atoms with E-state index in [0.717, 1.165) is 47.8 Å². The molecule has 1 atom stereocenters. The molecule has 6 nitrogen and oxygen atoms in total. The van der Waals surface area contributed by atoms with Crippen LogP contribution in [0, 0.1) is 0 Å². The van der Waals surface area contributed by atoms with Gasteiger partial charge in [-0.1, -0.05) is 18.2 Å². The van der Waals surface area contributed by atoms with Crippen molar-refractivity contribution >= 4 is 22.6 Å². The lowest BCUT2D eigenvalue weighted by atomic mass is 10.2. The third-order valence-electron chi connectivity index (χ3n) is 4.46. The maximum atomic E-state index is 9.48. The molecule has 1 saturated heterocycles. The molecule has 0 amide bonds. The van der Waals surface area contributed by atoms with E-state index < -0.39 is 0 Å². The Kier molecular flexibility index (Phi) is 4.04. The number of furan rings is 1. The maximum Gasteiger partial charge on any atom is 0.134 e. The molecule has 24 heavy (non-hydrogen) atoms. The van der Waals surface area contributed by atoms with E-state index >= 15 is 0 Å². The molecule has 0 radical (unpaired) electrons. The van der Waals surface area contributed by atoms with Crippen LogP contribution in [0.15, 0.2) is 47.1 Å². The third kappa shape index (κ3) is 2.92. The van der Waals surface area contributed by atoms with Gasteiger partial charge in [-0.15, -0.1) is 0 Å². The minimum absolute atomic E-state index is 0.156. The summed E-state index contributed by atoms with van der Waals surface area (Å²) in [7, 11) is 0. The van der Waals surface area contributed by atoms with Gasteiger partial charge in [0.25, 0.3) is 0 Å². The van der Waals surface area contributed by atoms with Crippen LogP contribution in [0.1, 0.15) is 18.6 Å². The van der Waals surface area contributed by atoms with Crippen molar-refractivity contribution in [2.24, 2.45) is 0 Å². The van der Waals surface area contributed by atoms with Crippen LogP contribution in [0.4, 0.5) is 11.6 Å². The minimum atomic E-state index is 0.156. The first-order valence-corrected chi connectivity index (χ1v) is 8.24. The first-order valence-electron chi connectivity index (χ1n) is 8.24. The largest absolute Gasteiger partial charge is 0.459 e. The van der Waals surface area contributed by atoms with Crippen LogP contribution in [-0.4, -0.2) is 34.3 Å². The number of aliphatic hydroxyl groups is 1. The summed E-state index contributed by atoms with van der Waals surface area (Å²) in [5.41, 5.74) is 0.889. The minimum Gasteiger partial charge on any atom is -0.459 e. The normalized spacial score (nSPS) is 17.5. The molecule has 2 N–H and O–H groups in total. The molecule has 0 spiro atoms. The molecule has 4 rings (SSSR count). The van der Waals surface area contributed by atoms with Crippen LogP contribution in [-0.2, 0) is 6.54 Å². The fourth-order valence-electron chi connectivity index (χ4n) is 3.23. The van der Waals surface area contributed by atoms with Gasteiger partial charge in [-0.2, -0.15) is 0 Å². The van der Waals surface area contributed by atoms with Gasteiger partial charge in [-0.3, -0.25) is 0 Å². The highest BCUT2D eigenvalue weighted by Crippen LogP contribution is 2.25. The highest BCUT2D eigenvalue weighted by molar-refractivity contribution is 5.77. The summed E-state index contributed by atoms with van der Waals surface area (Å²) in [5, 5.41) is 13.9. The lowest BCUT2D eigenvalue weighted by Gasteiger charge is -2.24. The quantitative estimate of drug-likeness (QED) is 0.752. The summed E-state index contributed by atoms with van der Waals surface area (Å²) in [5.74, 6) is 2.48. The molecule has 1 fully saturated rings. The van der Waals surface area contributed by atoms with E-state index in [2.05, 4.69) is 20.2 Å². The van der Waals surface area contributed by atoms with Crippen LogP contribution in [0.25, 0.3) is 11.0 Å². The Morgan fingerprint density at radius 1 is 1.25 bits per heavy atom. The second-order valence-corrected chi connectivity index (χ2v) is 6.04. The Morgan fingerprint density at radius 3 is 3.04 bits per heavy atom. The van der Waals surface area contributed by atoms with E-state index in [0.29, 0.717) is 6.54 Å². The standard InChI is InChI=1S/C18H20N4O2/c23-11-14-5-3-7-22(14)18-9-17(20-12-21-18)19-10-15-8-13-4-1-2-6-16(13)24-15/h1-2,4,6,8-9,12,14,23H,3,5,7,10-11H2,(H,19,20,21)/t14-/m1/s1. The average Bonchev–Trinajstić information content (AvgIpc) is 3.26. The van der Waals surface area contributed by atoms with Crippen molar-refractivity contribution in [3.63, 3.8) is 0 Å². The van der Waals surface area contributed by atoms with Crippen molar-refractivity contribution in [3.05, 3.63) is 48.5 Å². The van der Waals surface area contributed by atoms with Gasteiger partial charge >= 0.3 is 0 Å². The molecule has 0 aliphatic carbocycles. The molecule has 1 aromatic carbocycles. The lowest BCUT2D eigenvalue weighted by Crippen LogP contribution is -2.32. The summed E-state index contributed by atoms with van der Waals surface area (Å²) in [6.45, 7) is 1.64. The summed E-state index contributed by atoms with van der Waals surface area (Å²) in [6, 6.07) is 12.1. The fraction of sp³-hybridized carbons (Fsp3) is 0.333. The van der Waals surface area contributed by atoms with E-state index in [1.165, 1.54) is 0 Å². The molecular formula is C18H20N4O2. The number of aromatic nitrogens is 2. The van der Waals surface area contributed by atoms with Crippen molar-refractivity contribution in [2.75, 3.05) is 23.4 Å². The van der Waals surface area contributed by atoms with E-state index in [-0.39, 0.29) is 12.6 Å². The highest BCUT2D eigenvalue weighted by atomic mass is 16.3. The topological polar surface area (TPSA) is 74.4 Å². The molecule has 1 aliphatic heterocycles. The third-order valence-corrected chi connectivity index (χ3v) is 4.46. The second-order valence-electron chi connectivity index (χ2n) is 6.04. The number of para-hydroxylation sites is 1. The smallest absolute Gasteiger partial charge is 0.134 e. The predicted octanol–water partition coefficient (Wildman–Crippen LogP) is 2.80. The Bertz CT molecular complexity index is 800. The zero-order valence-electron chi connectivity index (χ0n) is 13.4. The van der Waals surface area contributed by atoms with Crippen LogP contribution in [0.2, 0.25) is 0 Å². The molecule has 0 bridgehead atoms. The molecular weight excluding hydrogens is 304 g/mol. The first-order chi connectivity index (χ1) is 11.8. The van der Waals surface area contributed by atoms with Crippen molar-refractivity contribution in [3.8, 4) is 0 Å². The van der Waals surface area contributed by atoms with Crippen LogP contribution in [0.3, 0.4) is 0 Å². The van der Waals surface area contributed by atoms with Gasteiger partial charge in [-0.05, 0) is 25.0 Å². The number of benzene rings is 1. The Labute approximate surface area is 140 Å². The summed E-state index contributed by atoms with van der Waals surface area (Å²) < 4.78 is 5.80. The van der Waals surface area contributed by atoms with Gasteiger partial charge in [-0.25, -0.2) is 9.97 Å². The monoisotopic (exact) mass is 324 g/mol. The van der Waals surface area contributed by atoms with E-state index in [4.69, 9.17) is 4.42 Å². The summed E-state index contributed by atoms with van der Waals surface area (Å²) in [4.78, 5) is 10.8. The number of hydrogen-bond acceptors (Lipinski definition) is 6. The maximum absolute atomic E-state index is 9.48. The van der Waals surface area contributed by atoms with Gasteiger partial charge < -0.3 is 19.7 Å². The zero-order chi connectivity index (χ0) is 16.4. The van der Waals surface area contributed by atoms with Crippen LogP contribution < -0.4 is 10.2 Å². The van der Waals surface area contributed by atoms with Gasteiger partial charge in [0, 0.05) is 18.0 Å². The van der Waals surface area contributed by atoms with Crippen LogP contribution >= 0.6 is 0 Å². The van der Waals surface area contributed by atoms with Crippen LogP contribution in [0.5, 0.6) is 0 Å². The fourth-order valence-corrected chi connectivity index (χ4v) is 3.23. The molecule has 3 aromatic rings. The van der Waals surface area contributed by atoms with E-state index in [1.807, 2.05) is 36.4 Å². The van der Waals surface area contributed by atoms with Gasteiger partial charge in [0.1, 0.15) is 29.3 Å². The molecule has 3 heterocycles. The van der Waals surface area contributed by atoms with Crippen molar-refractivity contribution in [1.82, 2.24) is 9.97 Å². The van der Waals surface area contributed by atoms with Crippen molar-refractivity contribution < 1.29 is 9.52 Å². The molecule has 1 aliphatic rings. The zero-order valence-corrected chi connectivity index (χ0v) is 13.4. The molecule has 124 valence electrons. The number of nitrogens with one attached hydrogen (secondary N) is 1. The molecule has 0 unspecified atom stereocenters. The SMILES string of the molecule is OC[C@H]1CCCN1c1cc(NCc2cc3ccccc3o2)ncn1. The summed E-state index contributed by atoms with van der Waals surface area (Å²) in [6.07, 6.45) is 3.64. The van der Waals surface area contributed by atoms with Gasteiger partial charge in [0.15, 0.2) is 0 Å². The first kappa shape index (κ1) is 15.0. The second kappa shape index (κ2) is 6.49. The van der Waals surface area contributed by atoms with Gasteiger partial charge in [0.05, 0.1) is 19.2 Å². The lowest BCUT2D eigenvalue weighted by molar-refractivity contribution is 0.266. The Balaban J connectivity index is 1.47.